The van der Waals surface area contributed by atoms with Crippen LogP contribution >= 0.6 is 0 Å². The van der Waals surface area contributed by atoms with Crippen molar-refractivity contribution >= 4 is 5.91 Å². The second-order valence-electron chi connectivity index (χ2n) is 3.45. The van der Waals surface area contributed by atoms with E-state index in [0.717, 1.165) is 5.56 Å². The maximum absolute atomic E-state index is 11.5. The second kappa shape index (κ2) is 6.58. The molecule has 0 unspecified atom stereocenters. The first-order chi connectivity index (χ1) is 8.21. The Kier molecular flexibility index (Phi) is 5.07. The van der Waals surface area contributed by atoms with Crippen LogP contribution in [0.2, 0.25) is 0 Å². The minimum absolute atomic E-state index is 0.0617. The third-order valence-electron chi connectivity index (χ3n) is 2.29. The van der Waals surface area contributed by atoms with Crippen LogP contribution in [-0.4, -0.2) is 26.7 Å². The van der Waals surface area contributed by atoms with E-state index in [4.69, 9.17) is 9.47 Å². The molecule has 1 rings (SSSR count). The lowest BCUT2D eigenvalue weighted by Gasteiger charge is -2.10. The van der Waals surface area contributed by atoms with Crippen LogP contribution in [0.4, 0.5) is 0 Å². The number of amides is 1. The van der Waals surface area contributed by atoms with Crippen molar-refractivity contribution in [2.45, 2.75) is 6.42 Å². The van der Waals surface area contributed by atoms with E-state index in [2.05, 4.69) is 11.9 Å². The highest BCUT2D eigenvalue weighted by atomic mass is 16.5. The highest BCUT2D eigenvalue weighted by Gasteiger charge is 2.09. The smallest absolute Gasteiger partial charge is 0.224 e. The summed E-state index contributed by atoms with van der Waals surface area (Å²) in [5, 5.41) is 2.72. The van der Waals surface area contributed by atoms with Crippen molar-refractivity contribution in [1.29, 1.82) is 0 Å². The highest BCUT2D eigenvalue weighted by molar-refractivity contribution is 5.79. The van der Waals surface area contributed by atoms with Gasteiger partial charge in [-0.05, 0) is 6.07 Å². The van der Waals surface area contributed by atoms with Crippen molar-refractivity contribution in [3.8, 4) is 11.5 Å². The molecule has 0 atom stereocenters. The molecule has 4 heteroatoms. The number of hydrogen-bond donors (Lipinski definition) is 1. The van der Waals surface area contributed by atoms with E-state index in [-0.39, 0.29) is 12.3 Å². The monoisotopic (exact) mass is 235 g/mol. The molecule has 1 N–H and O–H groups in total. The van der Waals surface area contributed by atoms with E-state index in [1.54, 1.807) is 32.4 Å². The van der Waals surface area contributed by atoms with E-state index in [0.29, 0.717) is 18.0 Å². The van der Waals surface area contributed by atoms with Crippen LogP contribution in [-0.2, 0) is 11.2 Å². The van der Waals surface area contributed by atoms with Crippen LogP contribution in [0.5, 0.6) is 11.5 Å². The van der Waals surface area contributed by atoms with E-state index in [1.807, 2.05) is 6.07 Å². The van der Waals surface area contributed by atoms with Crippen molar-refractivity contribution in [3.05, 3.63) is 36.4 Å². The fraction of sp³-hybridized carbons (Fsp3) is 0.308. The summed E-state index contributed by atoms with van der Waals surface area (Å²) in [6.45, 7) is 4.01. The van der Waals surface area contributed by atoms with Crippen LogP contribution in [0.25, 0.3) is 0 Å². The first-order valence-corrected chi connectivity index (χ1v) is 5.29. The summed E-state index contributed by atoms with van der Waals surface area (Å²) in [5.41, 5.74) is 0.829. The molecule has 0 heterocycles. The Morgan fingerprint density at radius 3 is 2.76 bits per heavy atom. The largest absolute Gasteiger partial charge is 0.497 e. The van der Waals surface area contributed by atoms with Crippen LogP contribution in [0, 0.1) is 0 Å². The number of carbonyl (C=O) groups is 1. The molecule has 1 aromatic carbocycles. The summed E-state index contributed by atoms with van der Waals surface area (Å²) < 4.78 is 10.3. The first kappa shape index (κ1) is 13.1. The summed E-state index contributed by atoms with van der Waals surface area (Å²) in [6.07, 6.45) is 1.92. The quantitative estimate of drug-likeness (QED) is 0.761. The van der Waals surface area contributed by atoms with Gasteiger partial charge >= 0.3 is 0 Å². The SMILES string of the molecule is C=CCNC(=O)Cc1ccc(OC)cc1OC. The lowest BCUT2D eigenvalue weighted by Crippen LogP contribution is -2.25. The normalized spacial score (nSPS) is 9.53. The first-order valence-electron chi connectivity index (χ1n) is 5.29. The predicted octanol–water partition coefficient (Wildman–Crippen LogP) is 1.55. The fourth-order valence-electron chi connectivity index (χ4n) is 1.42. The molecule has 0 aromatic heterocycles. The van der Waals surface area contributed by atoms with Gasteiger partial charge in [-0.1, -0.05) is 12.1 Å². The Labute approximate surface area is 101 Å². The van der Waals surface area contributed by atoms with Crippen molar-refractivity contribution < 1.29 is 14.3 Å². The maximum atomic E-state index is 11.5. The maximum Gasteiger partial charge on any atom is 0.224 e. The summed E-state index contributed by atoms with van der Waals surface area (Å²) in [6, 6.07) is 5.39. The van der Waals surface area contributed by atoms with Gasteiger partial charge in [-0.2, -0.15) is 0 Å². The number of carbonyl (C=O) groups excluding carboxylic acids is 1. The Balaban J connectivity index is 2.76. The number of ether oxygens (including phenoxy) is 2. The van der Waals surface area contributed by atoms with Crippen LogP contribution < -0.4 is 14.8 Å². The zero-order valence-electron chi connectivity index (χ0n) is 10.2. The van der Waals surface area contributed by atoms with E-state index < -0.39 is 0 Å². The number of methoxy groups -OCH3 is 2. The minimum atomic E-state index is -0.0617. The van der Waals surface area contributed by atoms with Gasteiger partial charge in [0.05, 0.1) is 20.6 Å². The molecule has 92 valence electrons. The molecule has 0 aliphatic rings. The Morgan fingerprint density at radius 1 is 1.41 bits per heavy atom. The molecular weight excluding hydrogens is 218 g/mol. The van der Waals surface area contributed by atoms with Gasteiger partial charge in [-0.15, -0.1) is 6.58 Å². The topological polar surface area (TPSA) is 47.6 Å². The van der Waals surface area contributed by atoms with E-state index in [1.165, 1.54) is 0 Å². The number of benzene rings is 1. The van der Waals surface area contributed by atoms with Gasteiger partial charge in [0.1, 0.15) is 11.5 Å². The van der Waals surface area contributed by atoms with Crippen molar-refractivity contribution in [2.75, 3.05) is 20.8 Å². The van der Waals surface area contributed by atoms with E-state index >= 15 is 0 Å². The molecule has 1 amide bonds. The number of nitrogens with one attached hydrogen (secondary N) is 1. The molecule has 0 aliphatic heterocycles. The average Bonchev–Trinajstić information content (AvgIpc) is 2.36. The summed E-state index contributed by atoms with van der Waals surface area (Å²) in [4.78, 5) is 11.5. The second-order valence-corrected chi connectivity index (χ2v) is 3.45. The van der Waals surface area contributed by atoms with Crippen LogP contribution in [0.15, 0.2) is 30.9 Å². The molecular formula is C13H17NO3. The fourth-order valence-corrected chi connectivity index (χ4v) is 1.42. The molecule has 17 heavy (non-hydrogen) atoms. The lowest BCUT2D eigenvalue weighted by atomic mass is 10.1. The molecule has 0 saturated heterocycles. The number of hydrogen-bond acceptors (Lipinski definition) is 3. The molecule has 0 radical (unpaired) electrons. The van der Waals surface area contributed by atoms with Gasteiger partial charge in [0.15, 0.2) is 0 Å². The minimum Gasteiger partial charge on any atom is -0.497 e. The standard InChI is InChI=1S/C13H17NO3/c1-4-7-14-13(15)8-10-5-6-11(16-2)9-12(10)17-3/h4-6,9H,1,7-8H2,2-3H3,(H,14,15). The van der Waals surface area contributed by atoms with Gasteiger partial charge < -0.3 is 14.8 Å². The third kappa shape index (κ3) is 3.83. The molecule has 0 saturated carbocycles. The molecule has 1 aromatic rings. The third-order valence-corrected chi connectivity index (χ3v) is 2.29. The van der Waals surface area contributed by atoms with Crippen LogP contribution in [0.3, 0.4) is 0 Å². The molecule has 4 nitrogen and oxygen atoms in total. The van der Waals surface area contributed by atoms with Crippen molar-refractivity contribution in [3.63, 3.8) is 0 Å². The van der Waals surface area contributed by atoms with Gasteiger partial charge in [-0.25, -0.2) is 0 Å². The number of rotatable bonds is 6. The van der Waals surface area contributed by atoms with Gasteiger partial charge in [0, 0.05) is 18.2 Å². The van der Waals surface area contributed by atoms with Gasteiger partial charge in [0.25, 0.3) is 0 Å². The lowest BCUT2D eigenvalue weighted by molar-refractivity contribution is -0.120. The summed E-state index contributed by atoms with van der Waals surface area (Å²) >= 11 is 0. The predicted molar refractivity (Wildman–Crippen MR) is 66.5 cm³/mol. The Hall–Kier alpha value is -1.97. The highest BCUT2D eigenvalue weighted by Crippen LogP contribution is 2.24. The van der Waals surface area contributed by atoms with E-state index in [9.17, 15) is 4.79 Å². The zero-order valence-corrected chi connectivity index (χ0v) is 10.2. The zero-order chi connectivity index (χ0) is 12.7. The molecule has 0 bridgehead atoms. The summed E-state index contributed by atoms with van der Waals surface area (Å²) in [7, 11) is 3.16. The molecule has 0 fully saturated rings. The summed E-state index contributed by atoms with van der Waals surface area (Å²) in [5.74, 6) is 1.29. The van der Waals surface area contributed by atoms with Gasteiger partial charge in [0.2, 0.25) is 5.91 Å². The average molecular weight is 235 g/mol. The molecule has 0 aliphatic carbocycles. The Bertz CT molecular complexity index is 402. The van der Waals surface area contributed by atoms with Gasteiger partial charge in [-0.3, -0.25) is 4.79 Å². The van der Waals surface area contributed by atoms with Crippen LogP contribution in [0.1, 0.15) is 5.56 Å². The molecule has 0 spiro atoms. The van der Waals surface area contributed by atoms with Crippen molar-refractivity contribution in [2.24, 2.45) is 0 Å². The Morgan fingerprint density at radius 2 is 2.18 bits per heavy atom. The van der Waals surface area contributed by atoms with Crippen molar-refractivity contribution in [1.82, 2.24) is 5.32 Å².